The lowest BCUT2D eigenvalue weighted by atomic mass is 10.0. The van der Waals surface area contributed by atoms with Crippen molar-refractivity contribution in [2.24, 2.45) is 0 Å². The molecule has 3 nitrogen and oxygen atoms in total. The monoisotopic (exact) mass is 373 g/mol. The summed E-state index contributed by atoms with van der Waals surface area (Å²) in [6.07, 6.45) is 8.48. The van der Waals surface area contributed by atoms with Gasteiger partial charge >= 0.3 is 0 Å². The Hall–Kier alpha value is -1.59. The van der Waals surface area contributed by atoms with Crippen molar-refractivity contribution in [2.75, 3.05) is 6.54 Å². The van der Waals surface area contributed by atoms with E-state index in [1.54, 1.807) is 4.90 Å². The highest BCUT2D eigenvalue weighted by molar-refractivity contribution is 8.26. The Morgan fingerprint density at radius 1 is 1.28 bits per heavy atom. The number of rotatable bonds is 6. The fraction of sp³-hybridized carbons (Fsp3) is 0.400. The summed E-state index contributed by atoms with van der Waals surface area (Å²) in [7, 11) is 0. The molecule has 3 rings (SSSR count). The van der Waals surface area contributed by atoms with Crippen LogP contribution in [0.5, 0.6) is 5.75 Å². The zero-order chi connectivity index (χ0) is 17.8. The molecule has 1 aromatic carbocycles. The third-order valence-corrected chi connectivity index (χ3v) is 5.80. The molecule has 0 unspecified atom stereocenters. The van der Waals surface area contributed by atoms with Gasteiger partial charge in [0.25, 0.3) is 5.91 Å². The van der Waals surface area contributed by atoms with Gasteiger partial charge in [-0.25, -0.2) is 0 Å². The minimum atomic E-state index is -0.0806. The highest BCUT2D eigenvalue weighted by Gasteiger charge is 2.32. The van der Waals surface area contributed by atoms with Gasteiger partial charge in [-0.2, -0.15) is 0 Å². The number of nitrogens with zero attached hydrogens (tertiary/aromatic N) is 1. The molecule has 1 aromatic rings. The van der Waals surface area contributed by atoms with Gasteiger partial charge < -0.3 is 4.74 Å². The number of para-hydroxylation sites is 1. The maximum absolute atomic E-state index is 12.7. The average Bonchev–Trinajstić information content (AvgIpc) is 2.86. The molecule has 0 radical (unpaired) electrons. The Morgan fingerprint density at radius 3 is 2.88 bits per heavy atom. The molecule has 1 saturated heterocycles. The lowest BCUT2D eigenvalue weighted by Gasteiger charge is -2.23. The van der Waals surface area contributed by atoms with Gasteiger partial charge in [0.2, 0.25) is 0 Å². The van der Waals surface area contributed by atoms with E-state index in [4.69, 9.17) is 17.0 Å². The maximum Gasteiger partial charge on any atom is 0.266 e. The predicted octanol–water partition coefficient (Wildman–Crippen LogP) is 5.18. The molecule has 1 fully saturated rings. The predicted molar refractivity (Wildman–Crippen MR) is 109 cm³/mol. The van der Waals surface area contributed by atoms with Crippen LogP contribution in [0.2, 0.25) is 0 Å². The number of hydrogen-bond donors (Lipinski definition) is 0. The van der Waals surface area contributed by atoms with E-state index in [2.05, 4.69) is 13.0 Å². The standard InChI is InChI=1S/C20H23NO2S2/c1-3-4-5-8-11-21-19(22)18(25-20(21)24)13-16-12-15-9-6-7-10-17(15)23-14(16)2/h6-7,9-10,12-14H,3-5,8,11H2,1-2H3/b18-13-/t14-/m0/s1. The third kappa shape index (κ3) is 4.15. The summed E-state index contributed by atoms with van der Waals surface area (Å²) >= 11 is 6.80. The number of ether oxygens (including phenoxy) is 1. The molecule has 0 N–H and O–H groups in total. The van der Waals surface area contributed by atoms with Crippen LogP contribution in [0.3, 0.4) is 0 Å². The van der Waals surface area contributed by atoms with E-state index in [1.807, 2.05) is 37.3 Å². The summed E-state index contributed by atoms with van der Waals surface area (Å²) in [5.41, 5.74) is 2.05. The highest BCUT2D eigenvalue weighted by atomic mass is 32.2. The number of benzene rings is 1. The van der Waals surface area contributed by atoms with Gasteiger partial charge in [-0.05, 0) is 37.1 Å². The number of thioether (sulfide) groups is 1. The SMILES string of the molecule is CCCCCCN1C(=O)/C(=C/C2=Cc3ccccc3O[C@H]2C)SC1=S. The van der Waals surface area contributed by atoms with Crippen LogP contribution in [0.1, 0.15) is 45.1 Å². The number of hydrogen-bond acceptors (Lipinski definition) is 4. The molecule has 2 heterocycles. The molecule has 1 atom stereocenters. The maximum atomic E-state index is 12.7. The summed E-state index contributed by atoms with van der Waals surface area (Å²) in [6, 6.07) is 7.94. The van der Waals surface area contributed by atoms with Crippen molar-refractivity contribution in [3.63, 3.8) is 0 Å². The quantitative estimate of drug-likeness (QED) is 0.391. The van der Waals surface area contributed by atoms with Crippen molar-refractivity contribution in [3.8, 4) is 5.75 Å². The number of amides is 1. The third-order valence-electron chi connectivity index (χ3n) is 4.42. The summed E-state index contributed by atoms with van der Waals surface area (Å²) < 4.78 is 6.62. The molecule has 2 aliphatic rings. The Bertz CT molecular complexity index is 739. The van der Waals surface area contributed by atoms with Gasteiger partial charge in [-0.1, -0.05) is 68.4 Å². The highest BCUT2D eigenvalue weighted by Crippen LogP contribution is 2.35. The van der Waals surface area contributed by atoms with Gasteiger partial charge in [0.15, 0.2) is 0 Å². The first-order chi connectivity index (χ1) is 12.1. The second kappa shape index (κ2) is 8.19. The molecule has 25 heavy (non-hydrogen) atoms. The van der Waals surface area contributed by atoms with Crippen LogP contribution in [0.4, 0.5) is 0 Å². The van der Waals surface area contributed by atoms with Crippen LogP contribution in [-0.2, 0) is 4.79 Å². The van der Waals surface area contributed by atoms with E-state index >= 15 is 0 Å². The number of unbranched alkanes of at least 4 members (excludes halogenated alkanes) is 3. The first-order valence-electron chi connectivity index (χ1n) is 8.82. The van der Waals surface area contributed by atoms with Gasteiger partial charge in [-0.3, -0.25) is 9.69 Å². The molecule has 0 spiro atoms. The molecule has 5 heteroatoms. The van der Waals surface area contributed by atoms with Crippen molar-refractivity contribution in [1.29, 1.82) is 0 Å². The Labute approximate surface area is 159 Å². The van der Waals surface area contributed by atoms with E-state index in [0.29, 0.717) is 9.23 Å². The van der Waals surface area contributed by atoms with Crippen molar-refractivity contribution in [3.05, 3.63) is 46.4 Å². The largest absolute Gasteiger partial charge is 0.485 e. The van der Waals surface area contributed by atoms with Crippen LogP contribution in [-0.4, -0.2) is 27.8 Å². The molecule has 1 amide bonds. The van der Waals surface area contributed by atoms with Crippen LogP contribution < -0.4 is 4.74 Å². The second-order valence-electron chi connectivity index (χ2n) is 6.34. The number of carbonyl (C=O) groups is 1. The van der Waals surface area contributed by atoms with E-state index in [0.717, 1.165) is 36.3 Å². The Balaban J connectivity index is 1.74. The molecular weight excluding hydrogens is 350 g/mol. The molecule has 132 valence electrons. The molecule has 0 aromatic heterocycles. The van der Waals surface area contributed by atoms with Gasteiger partial charge in [0, 0.05) is 12.1 Å². The van der Waals surface area contributed by atoms with Crippen molar-refractivity contribution < 1.29 is 9.53 Å². The Kier molecular flexibility index (Phi) is 5.97. The minimum Gasteiger partial charge on any atom is -0.485 e. The normalized spacial score (nSPS) is 21.4. The van der Waals surface area contributed by atoms with Crippen molar-refractivity contribution in [1.82, 2.24) is 4.90 Å². The van der Waals surface area contributed by atoms with E-state index in [-0.39, 0.29) is 12.0 Å². The van der Waals surface area contributed by atoms with Gasteiger partial charge in [0.05, 0.1) is 4.91 Å². The molecular formula is C20H23NO2S2. The first kappa shape index (κ1) is 18.2. The van der Waals surface area contributed by atoms with Crippen LogP contribution in [0.15, 0.2) is 40.8 Å². The van der Waals surface area contributed by atoms with E-state index < -0.39 is 0 Å². The number of fused-ring (bicyclic) bond motifs is 1. The van der Waals surface area contributed by atoms with E-state index in [9.17, 15) is 4.79 Å². The molecule has 0 saturated carbocycles. The number of carbonyl (C=O) groups excluding carboxylic acids is 1. The number of thiocarbonyl (C=S) groups is 1. The van der Waals surface area contributed by atoms with Crippen LogP contribution in [0.25, 0.3) is 6.08 Å². The zero-order valence-electron chi connectivity index (χ0n) is 14.7. The topological polar surface area (TPSA) is 29.5 Å². The molecule has 2 aliphatic heterocycles. The van der Waals surface area contributed by atoms with Crippen molar-refractivity contribution >= 4 is 40.3 Å². The summed E-state index contributed by atoms with van der Waals surface area (Å²) in [5, 5.41) is 0. The minimum absolute atomic E-state index is 0.0263. The Morgan fingerprint density at radius 2 is 2.08 bits per heavy atom. The lowest BCUT2D eigenvalue weighted by Crippen LogP contribution is -2.29. The molecule has 0 bridgehead atoms. The summed E-state index contributed by atoms with van der Waals surface area (Å²) in [6.45, 7) is 4.90. The second-order valence-corrected chi connectivity index (χ2v) is 8.01. The van der Waals surface area contributed by atoms with Crippen LogP contribution in [0, 0.1) is 0 Å². The van der Waals surface area contributed by atoms with Crippen LogP contribution >= 0.6 is 24.0 Å². The van der Waals surface area contributed by atoms with Gasteiger partial charge in [0.1, 0.15) is 16.2 Å². The first-order valence-corrected chi connectivity index (χ1v) is 10.0. The van der Waals surface area contributed by atoms with Gasteiger partial charge in [-0.15, -0.1) is 0 Å². The van der Waals surface area contributed by atoms with Crippen molar-refractivity contribution in [2.45, 2.75) is 45.6 Å². The smallest absolute Gasteiger partial charge is 0.266 e. The zero-order valence-corrected chi connectivity index (χ0v) is 16.3. The summed E-state index contributed by atoms with van der Waals surface area (Å²) in [4.78, 5) is 15.1. The fourth-order valence-corrected chi connectivity index (χ4v) is 4.27. The average molecular weight is 374 g/mol. The fourth-order valence-electron chi connectivity index (χ4n) is 2.96. The summed E-state index contributed by atoms with van der Waals surface area (Å²) in [5.74, 6) is 0.911. The lowest BCUT2D eigenvalue weighted by molar-refractivity contribution is -0.122. The van der Waals surface area contributed by atoms with E-state index in [1.165, 1.54) is 24.6 Å². The molecule has 0 aliphatic carbocycles.